The smallest absolute Gasteiger partial charge is 0.150 e. The summed E-state index contributed by atoms with van der Waals surface area (Å²) in [7, 11) is -2.92. The van der Waals surface area contributed by atoms with Gasteiger partial charge < -0.3 is 9.94 Å². The molecule has 110 valence electrons. The Morgan fingerprint density at radius 3 is 2.85 bits per heavy atom. The molecule has 0 heterocycles. The molecule has 0 fully saturated rings. The van der Waals surface area contributed by atoms with Crippen LogP contribution in [0.4, 0.5) is 0 Å². The fourth-order valence-electron chi connectivity index (χ4n) is 2.25. The van der Waals surface area contributed by atoms with Crippen LogP contribution in [0.3, 0.4) is 0 Å². The Morgan fingerprint density at radius 2 is 2.15 bits per heavy atom. The molecule has 1 aliphatic carbocycles. The summed E-state index contributed by atoms with van der Waals surface area (Å²) in [5, 5.41) is 12.1. The zero-order chi connectivity index (χ0) is 14.6. The highest BCUT2D eigenvalue weighted by molar-refractivity contribution is 7.91. The largest absolute Gasteiger partial charge is 0.494 e. The molecule has 0 atom stereocenters. The second kappa shape index (κ2) is 6.26. The van der Waals surface area contributed by atoms with E-state index in [1.54, 1.807) is 6.92 Å². The van der Waals surface area contributed by atoms with Crippen LogP contribution in [-0.2, 0) is 16.3 Å². The van der Waals surface area contributed by atoms with Crippen LogP contribution in [-0.4, -0.2) is 37.4 Å². The maximum Gasteiger partial charge on any atom is 0.150 e. The third kappa shape index (κ3) is 3.50. The predicted octanol–water partition coefficient (Wildman–Crippen LogP) is 2.01. The van der Waals surface area contributed by atoms with E-state index >= 15 is 0 Å². The van der Waals surface area contributed by atoms with Gasteiger partial charge in [0.2, 0.25) is 0 Å². The van der Waals surface area contributed by atoms with Crippen molar-refractivity contribution in [2.75, 3.05) is 18.1 Å². The fourth-order valence-corrected chi connectivity index (χ4v) is 3.10. The van der Waals surface area contributed by atoms with E-state index in [0.717, 1.165) is 29.7 Å². The fraction of sp³-hybridized carbons (Fsp3) is 0.500. The van der Waals surface area contributed by atoms with Crippen LogP contribution in [0, 0.1) is 0 Å². The van der Waals surface area contributed by atoms with Crippen LogP contribution in [0.2, 0.25) is 0 Å². The van der Waals surface area contributed by atoms with Crippen LogP contribution in [0.1, 0.15) is 30.9 Å². The van der Waals surface area contributed by atoms with E-state index in [9.17, 15) is 8.42 Å². The van der Waals surface area contributed by atoms with Gasteiger partial charge in [-0.3, -0.25) is 0 Å². The Morgan fingerprint density at radius 1 is 1.35 bits per heavy atom. The zero-order valence-corrected chi connectivity index (χ0v) is 12.3. The highest BCUT2D eigenvalue weighted by Crippen LogP contribution is 2.26. The summed E-state index contributed by atoms with van der Waals surface area (Å²) >= 11 is 0. The van der Waals surface area contributed by atoms with Crippen molar-refractivity contribution in [1.82, 2.24) is 0 Å². The summed E-state index contributed by atoms with van der Waals surface area (Å²) in [5.74, 6) is 1.07. The number of sulfone groups is 1. The summed E-state index contributed by atoms with van der Waals surface area (Å²) in [6.07, 6.45) is 2.08. The molecule has 0 aromatic heterocycles. The molecule has 0 aliphatic heterocycles. The Labute approximate surface area is 119 Å². The minimum Gasteiger partial charge on any atom is -0.494 e. The van der Waals surface area contributed by atoms with Crippen LogP contribution < -0.4 is 4.74 Å². The standard InChI is InChI=1S/C14H19NO4S/c1-2-20(17,18)9-3-8-19-12-5-6-13-11(10-12)4-7-14(13)15-16/h5-6,10,16H,2-4,7-9H2,1H3/b15-14+. The lowest BCUT2D eigenvalue weighted by Gasteiger charge is -2.08. The van der Waals surface area contributed by atoms with Crippen LogP contribution in [0.5, 0.6) is 5.75 Å². The quantitative estimate of drug-likeness (QED) is 0.495. The first kappa shape index (κ1) is 14.8. The first-order chi connectivity index (χ1) is 9.55. The van der Waals surface area contributed by atoms with Gasteiger partial charge in [0.15, 0.2) is 0 Å². The number of aryl methyl sites for hydroxylation is 1. The number of nitrogens with zero attached hydrogens (tertiary/aromatic N) is 1. The van der Waals surface area contributed by atoms with Crippen molar-refractivity contribution >= 4 is 15.5 Å². The lowest BCUT2D eigenvalue weighted by atomic mass is 10.1. The maximum atomic E-state index is 11.3. The lowest BCUT2D eigenvalue weighted by molar-refractivity contribution is 0.317. The number of benzene rings is 1. The molecule has 0 saturated carbocycles. The second-order valence-electron chi connectivity index (χ2n) is 4.80. The number of hydrogen-bond donors (Lipinski definition) is 1. The minimum atomic E-state index is -2.92. The number of ether oxygens (including phenoxy) is 1. The van der Waals surface area contributed by atoms with E-state index in [1.807, 2.05) is 18.2 Å². The van der Waals surface area contributed by atoms with Gasteiger partial charge in [-0.05, 0) is 43.0 Å². The average Bonchev–Trinajstić information content (AvgIpc) is 2.86. The number of hydrogen-bond acceptors (Lipinski definition) is 5. The van der Waals surface area contributed by atoms with Crippen molar-refractivity contribution < 1.29 is 18.4 Å². The van der Waals surface area contributed by atoms with Crippen LogP contribution >= 0.6 is 0 Å². The Hall–Kier alpha value is -1.56. The van der Waals surface area contributed by atoms with Gasteiger partial charge in [0.25, 0.3) is 0 Å². The topological polar surface area (TPSA) is 76.0 Å². The van der Waals surface area contributed by atoms with Gasteiger partial charge in [-0.1, -0.05) is 12.1 Å². The zero-order valence-electron chi connectivity index (χ0n) is 11.5. The molecule has 0 amide bonds. The van der Waals surface area contributed by atoms with E-state index in [2.05, 4.69) is 5.16 Å². The Balaban J connectivity index is 1.89. The molecule has 0 radical (unpaired) electrons. The van der Waals surface area contributed by atoms with Gasteiger partial charge in [0, 0.05) is 11.3 Å². The normalized spacial score (nSPS) is 16.4. The van der Waals surface area contributed by atoms with Crippen molar-refractivity contribution in [2.24, 2.45) is 5.16 Å². The van der Waals surface area contributed by atoms with Gasteiger partial charge >= 0.3 is 0 Å². The second-order valence-corrected chi connectivity index (χ2v) is 7.28. The number of oxime groups is 1. The van der Waals surface area contributed by atoms with Crippen molar-refractivity contribution in [3.05, 3.63) is 29.3 Å². The third-order valence-electron chi connectivity index (χ3n) is 3.45. The minimum absolute atomic E-state index is 0.162. The summed E-state index contributed by atoms with van der Waals surface area (Å²) in [6, 6.07) is 5.64. The molecule has 1 aromatic rings. The molecule has 6 heteroatoms. The summed E-state index contributed by atoms with van der Waals surface area (Å²) in [6.45, 7) is 2.04. The summed E-state index contributed by atoms with van der Waals surface area (Å²) in [4.78, 5) is 0. The van der Waals surface area contributed by atoms with E-state index in [1.165, 1.54) is 0 Å². The molecule has 1 N–H and O–H groups in total. The first-order valence-electron chi connectivity index (χ1n) is 6.73. The van der Waals surface area contributed by atoms with E-state index in [4.69, 9.17) is 9.94 Å². The summed E-state index contributed by atoms with van der Waals surface area (Å²) < 4.78 is 28.3. The van der Waals surface area contributed by atoms with E-state index in [0.29, 0.717) is 18.7 Å². The van der Waals surface area contributed by atoms with Crippen molar-refractivity contribution in [3.8, 4) is 5.75 Å². The molecule has 0 bridgehead atoms. The average molecular weight is 297 g/mol. The highest BCUT2D eigenvalue weighted by atomic mass is 32.2. The van der Waals surface area contributed by atoms with Gasteiger partial charge in [-0.25, -0.2) is 8.42 Å². The maximum absolute atomic E-state index is 11.3. The van der Waals surface area contributed by atoms with Gasteiger partial charge in [0.05, 0.1) is 18.1 Å². The number of fused-ring (bicyclic) bond motifs is 1. The van der Waals surface area contributed by atoms with Crippen molar-refractivity contribution in [2.45, 2.75) is 26.2 Å². The molecule has 0 spiro atoms. The molecule has 0 unspecified atom stereocenters. The monoisotopic (exact) mass is 297 g/mol. The Kier molecular flexibility index (Phi) is 4.65. The molecular formula is C14H19NO4S. The highest BCUT2D eigenvalue weighted by Gasteiger charge is 2.18. The van der Waals surface area contributed by atoms with Crippen LogP contribution in [0.25, 0.3) is 0 Å². The number of rotatable bonds is 6. The molecule has 0 saturated heterocycles. The van der Waals surface area contributed by atoms with Gasteiger partial charge in [-0.15, -0.1) is 0 Å². The van der Waals surface area contributed by atoms with Crippen molar-refractivity contribution in [1.29, 1.82) is 0 Å². The van der Waals surface area contributed by atoms with E-state index < -0.39 is 9.84 Å². The SMILES string of the molecule is CCS(=O)(=O)CCCOc1ccc2c(c1)CC/C2=N\O. The van der Waals surface area contributed by atoms with Gasteiger partial charge in [0.1, 0.15) is 15.6 Å². The molecule has 5 nitrogen and oxygen atoms in total. The molecule has 1 aliphatic rings. The molecule has 1 aromatic carbocycles. The summed E-state index contributed by atoms with van der Waals surface area (Å²) in [5.41, 5.74) is 2.78. The van der Waals surface area contributed by atoms with Crippen molar-refractivity contribution in [3.63, 3.8) is 0 Å². The third-order valence-corrected chi connectivity index (χ3v) is 5.24. The van der Waals surface area contributed by atoms with Gasteiger partial charge in [-0.2, -0.15) is 0 Å². The molecule has 20 heavy (non-hydrogen) atoms. The lowest BCUT2D eigenvalue weighted by Crippen LogP contribution is -2.11. The van der Waals surface area contributed by atoms with Crippen LogP contribution in [0.15, 0.2) is 23.4 Å². The van der Waals surface area contributed by atoms with E-state index in [-0.39, 0.29) is 11.5 Å². The molecular weight excluding hydrogens is 278 g/mol. The predicted molar refractivity (Wildman–Crippen MR) is 77.5 cm³/mol. The first-order valence-corrected chi connectivity index (χ1v) is 8.55. The molecule has 2 rings (SSSR count). The Bertz CT molecular complexity index is 608.